The number of nitrogens with one attached hydrogen (secondary N) is 1. The highest BCUT2D eigenvalue weighted by atomic mass is 16.2. The van der Waals surface area contributed by atoms with Crippen molar-refractivity contribution in [1.29, 1.82) is 0 Å². The van der Waals surface area contributed by atoms with Crippen molar-refractivity contribution >= 4 is 11.7 Å². The van der Waals surface area contributed by atoms with Crippen LogP contribution >= 0.6 is 0 Å². The van der Waals surface area contributed by atoms with Crippen LogP contribution in [-0.2, 0) is 11.3 Å². The lowest BCUT2D eigenvalue weighted by atomic mass is 10.0. The average molecular weight is 281 g/mol. The summed E-state index contributed by atoms with van der Waals surface area (Å²) in [4.78, 5) is 23.9. The fourth-order valence-corrected chi connectivity index (χ4v) is 2.14. The molecule has 1 aromatic carbocycles. The van der Waals surface area contributed by atoms with Crippen molar-refractivity contribution in [2.24, 2.45) is 0 Å². The molecule has 1 N–H and O–H groups in total. The largest absolute Gasteiger partial charge is 0.348 e. The highest BCUT2D eigenvalue weighted by Gasteiger charge is 2.24. The lowest BCUT2D eigenvalue weighted by Crippen LogP contribution is -2.43. The molecule has 4 nitrogen and oxygen atoms in total. The molecule has 0 aliphatic heterocycles. The summed E-state index contributed by atoms with van der Waals surface area (Å²) in [5.74, 6) is 0.00909. The molecule has 1 aliphatic carbocycles. The molecule has 1 saturated carbocycles. The molecule has 106 valence electrons. The van der Waals surface area contributed by atoms with Crippen molar-refractivity contribution in [2.45, 2.75) is 25.4 Å². The number of amides is 1. The van der Waals surface area contributed by atoms with Gasteiger partial charge in [0.25, 0.3) is 5.91 Å². The van der Waals surface area contributed by atoms with Crippen molar-refractivity contribution in [3.8, 4) is 0 Å². The molecule has 0 radical (unpaired) electrons. The minimum atomic E-state index is -0.00909. The number of rotatable bonds is 5. The van der Waals surface area contributed by atoms with Gasteiger partial charge in [0.2, 0.25) is 6.54 Å². The van der Waals surface area contributed by atoms with Gasteiger partial charge in [-0.05, 0) is 12.8 Å². The van der Waals surface area contributed by atoms with Crippen LogP contribution in [0.5, 0.6) is 0 Å². The summed E-state index contributed by atoms with van der Waals surface area (Å²) in [5.41, 5.74) is 1.29. The second kappa shape index (κ2) is 5.87. The first kappa shape index (κ1) is 13.5. The standard InChI is InChI=1S/C17H16N2O2/c20-16(18-15-6-7-15)12-19-10-8-14(9-11-19)17(21)13-4-2-1-3-5-13/h1-5,8-11,15H,6-7,12H2/p+1. The van der Waals surface area contributed by atoms with Crippen LogP contribution in [0.15, 0.2) is 54.9 Å². The van der Waals surface area contributed by atoms with E-state index in [-0.39, 0.29) is 18.2 Å². The zero-order valence-electron chi connectivity index (χ0n) is 11.7. The molecule has 1 aliphatic rings. The van der Waals surface area contributed by atoms with E-state index in [0.29, 0.717) is 17.2 Å². The second-order valence-electron chi connectivity index (χ2n) is 5.30. The third kappa shape index (κ3) is 3.54. The van der Waals surface area contributed by atoms with E-state index >= 15 is 0 Å². The zero-order valence-corrected chi connectivity index (χ0v) is 11.7. The quantitative estimate of drug-likeness (QED) is 0.667. The van der Waals surface area contributed by atoms with Crippen molar-refractivity contribution in [2.75, 3.05) is 0 Å². The molecule has 0 atom stereocenters. The van der Waals surface area contributed by atoms with Gasteiger partial charge in [-0.1, -0.05) is 30.3 Å². The molecule has 21 heavy (non-hydrogen) atoms. The van der Waals surface area contributed by atoms with Crippen LogP contribution in [0, 0.1) is 0 Å². The summed E-state index contributed by atoms with van der Waals surface area (Å²) in [6, 6.07) is 13.0. The number of carbonyl (C=O) groups is 2. The van der Waals surface area contributed by atoms with Gasteiger partial charge in [0.1, 0.15) is 0 Å². The molecule has 0 spiro atoms. The van der Waals surface area contributed by atoms with E-state index in [9.17, 15) is 9.59 Å². The molecule has 1 amide bonds. The second-order valence-corrected chi connectivity index (χ2v) is 5.30. The van der Waals surface area contributed by atoms with Gasteiger partial charge in [0, 0.05) is 29.3 Å². The molecule has 0 unspecified atom stereocenters. The van der Waals surface area contributed by atoms with E-state index in [2.05, 4.69) is 5.32 Å². The summed E-state index contributed by atoms with van der Waals surface area (Å²) in [7, 11) is 0. The normalized spacial score (nSPS) is 13.7. The smallest absolute Gasteiger partial charge is 0.286 e. The topological polar surface area (TPSA) is 50.0 Å². The van der Waals surface area contributed by atoms with Gasteiger partial charge < -0.3 is 5.32 Å². The fraction of sp³-hybridized carbons (Fsp3) is 0.235. The number of pyridine rings is 1. The third-order valence-electron chi connectivity index (χ3n) is 3.46. The molecule has 0 saturated heterocycles. The summed E-state index contributed by atoms with van der Waals surface area (Å²) in [6.45, 7) is 0.288. The maximum atomic E-state index is 12.2. The Kier molecular flexibility index (Phi) is 3.77. The SMILES string of the molecule is O=C(C[n+]1ccc(C(=O)c2ccccc2)cc1)NC1CC1. The lowest BCUT2D eigenvalue weighted by Gasteiger charge is -2.02. The van der Waals surface area contributed by atoms with Crippen LogP contribution in [0.4, 0.5) is 0 Å². The Hall–Kier alpha value is -2.49. The molecular formula is C17H17N2O2+. The molecule has 3 rings (SSSR count). The number of aromatic nitrogens is 1. The molecule has 4 heteroatoms. The molecule has 1 fully saturated rings. The lowest BCUT2D eigenvalue weighted by molar-refractivity contribution is -0.684. The van der Waals surface area contributed by atoms with Gasteiger partial charge in [-0.15, -0.1) is 0 Å². The highest BCUT2D eigenvalue weighted by Crippen LogP contribution is 2.18. The summed E-state index contributed by atoms with van der Waals surface area (Å²) < 4.78 is 1.78. The van der Waals surface area contributed by atoms with E-state index in [1.165, 1.54) is 0 Å². The van der Waals surface area contributed by atoms with E-state index in [1.807, 2.05) is 18.2 Å². The number of carbonyl (C=O) groups excluding carboxylic acids is 2. The first-order chi connectivity index (χ1) is 10.2. The Balaban J connectivity index is 1.66. The predicted octanol–water partition coefficient (Wildman–Crippen LogP) is 1.48. The van der Waals surface area contributed by atoms with Gasteiger partial charge in [0.15, 0.2) is 18.2 Å². The van der Waals surface area contributed by atoms with Crippen LogP contribution in [0.2, 0.25) is 0 Å². The average Bonchev–Trinajstić information content (AvgIpc) is 3.32. The van der Waals surface area contributed by atoms with Gasteiger partial charge in [-0.2, -0.15) is 4.57 Å². The van der Waals surface area contributed by atoms with Crippen molar-refractivity contribution in [3.63, 3.8) is 0 Å². The van der Waals surface area contributed by atoms with Gasteiger partial charge >= 0.3 is 0 Å². The Morgan fingerprint density at radius 3 is 2.24 bits per heavy atom. The Bertz CT molecular complexity index is 646. The van der Waals surface area contributed by atoms with Crippen LogP contribution in [0.25, 0.3) is 0 Å². The van der Waals surface area contributed by atoms with Crippen LogP contribution in [0.1, 0.15) is 28.8 Å². The van der Waals surface area contributed by atoms with E-state index in [1.54, 1.807) is 41.2 Å². The minimum Gasteiger partial charge on any atom is -0.348 e. The van der Waals surface area contributed by atoms with Crippen molar-refractivity contribution in [3.05, 3.63) is 66.0 Å². The van der Waals surface area contributed by atoms with E-state index < -0.39 is 0 Å². The molecule has 1 aromatic heterocycles. The number of hydrogen-bond acceptors (Lipinski definition) is 2. The Morgan fingerprint density at radius 2 is 1.62 bits per heavy atom. The summed E-state index contributed by atoms with van der Waals surface area (Å²) in [5, 5.41) is 2.94. The molecule has 0 bridgehead atoms. The Morgan fingerprint density at radius 1 is 1.00 bits per heavy atom. The monoisotopic (exact) mass is 281 g/mol. The minimum absolute atomic E-state index is 0.00909. The van der Waals surface area contributed by atoms with Crippen molar-refractivity contribution in [1.82, 2.24) is 5.32 Å². The molecule has 1 heterocycles. The van der Waals surface area contributed by atoms with Gasteiger partial charge in [0.05, 0.1) is 0 Å². The first-order valence-corrected chi connectivity index (χ1v) is 7.10. The van der Waals surface area contributed by atoms with Crippen LogP contribution in [-0.4, -0.2) is 17.7 Å². The summed E-state index contributed by atoms with van der Waals surface area (Å²) >= 11 is 0. The summed E-state index contributed by atoms with van der Waals surface area (Å²) in [6.07, 6.45) is 5.70. The fourth-order valence-electron chi connectivity index (χ4n) is 2.14. The number of ketones is 1. The third-order valence-corrected chi connectivity index (χ3v) is 3.46. The number of nitrogens with zero attached hydrogens (tertiary/aromatic N) is 1. The highest BCUT2D eigenvalue weighted by molar-refractivity contribution is 6.08. The Labute approximate surface area is 123 Å². The predicted molar refractivity (Wildman–Crippen MR) is 77.7 cm³/mol. The molecule has 2 aromatic rings. The van der Waals surface area contributed by atoms with Gasteiger partial charge in [-0.3, -0.25) is 9.59 Å². The molecular weight excluding hydrogens is 264 g/mol. The zero-order chi connectivity index (χ0) is 14.7. The van der Waals surface area contributed by atoms with E-state index in [4.69, 9.17) is 0 Å². The van der Waals surface area contributed by atoms with Gasteiger partial charge in [-0.25, -0.2) is 0 Å². The van der Waals surface area contributed by atoms with Crippen LogP contribution < -0.4 is 9.88 Å². The van der Waals surface area contributed by atoms with Crippen LogP contribution in [0.3, 0.4) is 0 Å². The van der Waals surface area contributed by atoms with E-state index in [0.717, 1.165) is 12.8 Å². The van der Waals surface area contributed by atoms with Crippen molar-refractivity contribution < 1.29 is 14.2 Å². The maximum absolute atomic E-state index is 12.2. The number of benzene rings is 1. The maximum Gasteiger partial charge on any atom is 0.286 e. The number of hydrogen-bond donors (Lipinski definition) is 1. The first-order valence-electron chi connectivity index (χ1n) is 7.10.